The summed E-state index contributed by atoms with van der Waals surface area (Å²) >= 11 is 0. The van der Waals surface area contributed by atoms with Crippen LogP contribution >= 0.6 is 0 Å². The lowest BCUT2D eigenvalue weighted by atomic mass is 9.92. The first-order valence-corrected chi connectivity index (χ1v) is 24.7. The summed E-state index contributed by atoms with van der Waals surface area (Å²) < 4.78 is 61.3. The predicted octanol–water partition coefficient (Wildman–Crippen LogP) is 7.86. The van der Waals surface area contributed by atoms with Crippen LogP contribution < -0.4 is 0 Å². The molecule has 0 bridgehead atoms. The maximum atomic E-state index is 14.9. The molecule has 6 aromatic carbocycles. The van der Waals surface area contributed by atoms with Gasteiger partial charge in [0, 0.05) is 5.56 Å². The third-order valence-electron chi connectivity index (χ3n) is 13.9. The summed E-state index contributed by atoms with van der Waals surface area (Å²) in [7, 11) is 0. The summed E-state index contributed by atoms with van der Waals surface area (Å²) in [5, 5.41) is 0. The van der Waals surface area contributed by atoms with E-state index in [1.165, 1.54) is 6.08 Å². The van der Waals surface area contributed by atoms with Gasteiger partial charge in [0.15, 0.2) is 18.9 Å². The fraction of sp³-hybridized carbons (Fsp3) is 0.288. The van der Waals surface area contributed by atoms with Crippen molar-refractivity contribution in [3.63, 3.8) is 0 Å². The molecule has 0 aromatic heterocycles. The Bertz CT molecular complexity index is 2880. The lowest BCUT2D eigenvalue weighted by molar-refractivity contribution is -0.377. The van der Waals surface area contributed by atoms with Gasteiger partial charge in [0.1, 0.15) is 48.7 Å². The number of benzene rings is 6. The Morgan fingerprint density at radius 3 is 1.47 bits per heavy atom. The zero-order chi connectivity index (χ0) is 50.5. The zero-order valence-electron chi connectivity index (χ0n) is 40.2. The standard InChI is InChI=1S/C59H54N2O13/c1-2-31-67-58-47(60-53(62)41-27-15-16-28-42(41)54(60)63)51(68-33-38-21-9-4-10-22-38)49(45(71-58)35-66-32-37-19-7-3-8-20-37)74-59-48(61-55(64)43-29-17-18-30-44(43)56(61)65)52(69-34-39-23-11-5-12-24-39)50-46(72-59)36-70-57(73-50)40-25-13-6-14-26-40/h2-30,45-52,57-59H,1,31-36H2/t45-,46-,47-,48-,49-,50-,51+,52+,57?,58-,59+/m1/s1. The zero-order valence-corrected chi connectivity index (χ0v) is 40.2. The van der Waals surface area contributed by atoms with E-state index in [1.54, 1.807) is 48.5 Å². The van der Waals surface area contributed by atoms with Gasteiger partial charge in [0.25, 0.3) is 23.6 Å². The molecule has 0 spiro atoms. The van der Waals surface area contributed by atoms with E-state index in [2.05, 4.69) is 6.58 Å². The molecule has 0 aliphatic carbocycles. The Morgan fingerprint density at radius 2 is 0.959 bits per heavy atom. The third kappa shape index (κ3) is 9.89. The van der Waals surface area contributed by atoms with Crippen molar-refractivity contribution in [3.8, 4) is 0 Å². The molecule has 11 atom stereocenters. The highest BCUT2D eigenvalue weighted by molar-refractivity contribution is 6.22. The lowest BCUT2D eigenvalue weighted by Gasteiger charge is -2.53. The Kier molecular flexibility index (Phi) is 14.8. The molecule has 5 aliphatic rings. The summed E-state index contributed by atoms with van der Waals surface area (Å²) in [6.45, 7) is 3.94. The molecular formula is C59H54N2O13. The fourth-order valence-corrected chi connectivity index (χ4v) is 10.4. The number of fused-ring (bicyclic) bond motifs is 3. The molecule has 6 aromatic rings. The van der Waals surface area contributed by atoms with E-state index < -0.39 is 91.2 Å². The molecule has 11 rings (SSSR count). The first kappa shape index (κ1) is 49.2. The van der Waals surface area contributed by atoms with Crippen LogP contribution in [0.1, 0.15) is 70.0 Å². The van der Waals surface area contributed by atoms with Gasteiger partial charge in [0.05, 0.1) is 61.9 Å². The van der Waals surface area contributed by atoms with Crippen molar-refractivity contribution in [1.29, 1.82) is 0 Å². The van der Waals surface area contributed by atoms with E-state index in [1.807, 2.05) is 121 Å². The van der Waals surface area contributed by atoms with Gasteiger partial charge in [-0.1, -0.05) is 152 Å². The minimum atomic E-state index is -1.51. The highest BCUT2D eigenvalue weighted by Gasteiger charge is 2.61. The molecule has 0 N–H and O–H groups in total. The fourth-order valence-electron chi connectivity index (χ4n) is 10.4. The Balaban J connectivity index is 1.04. The van der Waals surface area contributed by atoms with Crippen molar-refractivity contribution < 1.29 is 61.8 Å². The van der Waals surface area contributed by atoms with E-state index in [4.69, 9.17) is 42.6 Å². The van der Waals surface area contributed by atoms with Crippen molar-refractivity contribution in [2.75, 3.05) is 19.8 Å². The van der Waals surface area contributed by atoms with Gasteiger partial charge in [-0.05, 0) is 41.0 Å². The van der Waals surface area contributed by atoms with Crippen molar-refractivity contribution in [3.05, 3.63) is 227 Å². The number of nitrogens with zero attached hydrogens (tertiary/aromatic N) is 2. The number of hydrogen-bond acceptors (Lipinski definition) is 13. The van der Waals surface area contributed by atoms with Crippen LogP contribution in [0.15, 0.2) is 183 Å². The predicted molar refractivity (Wildman–Crippen MR) is 266 cm³/mol. The van der Waals surface area contributed by atoms with Gasteiger partial charge in [-0.2, -0.15) is 0 Å². The third-order valence-corrected chi connectivity index (χ3v) is 13.9. The molecule has 74 heavy (non-hydrogen) atoms. The van der Waals surface area contributed by atoms with Crippen molar-refractivity contribution in [1.82, 2.24) is 9.80 Å². The number of amides is 4. The number of hydrogen-bond donors (Lipinski definition) is 0. The summed E-state index contributed by atoms with van der Waals surface area (Å²) in [6.07, 6.45) is -8.66. The largest absolute Gasteiger partial charge is 0.374 e. The molecule has 15 nitrogen and oxygen atoms in total. The molecule has 3 saturated heterocycles. The quantitative estimate of drug-likeness (QED) is 0.0606. The topological polar surface area (TPSA) is 158 Å². The van der Waals surface area contributed by atoms with Crippen LogP contribution in [0, 0.1) is 0 Å². The molecule has 0 saturated carbocycles. The van der Waals surface area contributed by atoms with E-state index in [0.29, 0.717) is 0 Å². The number of imide groups is 2. The number of rotatable bonds is 18. The first-order valence-electron chi connectivity index (χ1n) is 24.7. The molecule has 4 amide bonds. The number of carbonyl (C=O) groups is 4. The molecule has 15 heteroatoms. The van der Waals surface area contributed by atoms with Crippen LogP contribution in [0.3, 0.4) is 0 Å². The minimum absolute atomic E-state index is 0.00201. The Labute approximate surface area is 428 Å². The highest BCUT2D eigenvalue weighted by Crippen LogP contribution is 2.43. The van der Waals surface area contributed by atoms with Crippen LogP contribution in [-0.2, 0) is 62.5 Å². The van der Waals surface area contributed by atoms with Crippen molar-refractivity contribution in [2.45, 2.75) is 87.4 Å². The maximum absolute atomic E-state index is 14.9. The number of ether oxygens (including phenoxy) is 9. The van der Waals surface area contributed by atoms with Gasteiger partial charge in [-0.15, -0.1) is 6.58 Å². The SMILES string of the molecule is C=CCO[C@@H]1O[C@H](COCc2ccccc2)[C@@H](O[C@@H]2O[C@@H]3COC(c4ccccc4)O[C@H]3[C@@H](OCc3ccccc3)[C@H]2N2C(=O)c3ccccc3C2=O)[C@@H](OCc2ccccc2)[C@H]1N1C(=O)c2ccccc2C1=O. The van der Waals surface area contributed by atoms with E-state index in [0.717, 1.165) is 32.1 Å². The van der Waals surface area contributed by atoms with Gasteiger partial charge in [0.2, 0.25) is 0 Å². The Morgan fingerprint density at radius 1 is 0.500 bits per heavy atom. The van der Waals surface area contributed by atoms with E-state index in [9.17, 15) is 19.2 Å². The van der Waals surface area contributed by atoms with E-state index >= 15 is 0 Å². The average molecular weight is 999 g/mol. The summed E-state index contributed by atoms with van der Waals surface area (Å²) in [4.78, 5) is 61.5. The van der Waals surface area contributed by atoms with Crippen LogP contribution in [-0.4, -0.2) is 115 Å². The van der Waals surface area contributed by atoms with Gasteiger partial charge in [-0.25, -0.2) is 0 Å². The molecule has 5 heterocycles. The monoisotopic (exact) mass is 998 g/mol. The summed E-state index contributed by atoms with van der Waals surface area (Å²) in [5.74, 6) is -2.35. The van der Waals surface area contributed by atoms with Gasteiger partial charge in [-0.3, -0.25) is 29.0 Å². The molecule has 5 aliphatic heterocycles. The molecule has 378 valence electrons. The smallest absolute Gasteiger partial charge is 0.262 e. The normalized spacial score (nSPS) is 27.4. The van der Waals surface area contributed by atoms with Crippen LogP contribution in [0.4, 0.5) is 0 Å². The molecular weight excluding hydrogens is 945 g/mol. The first-order chi connectivity index (χ1) is 36.4. The van der Waals surface area contributed by atoms with Crippen molar-refractivity contribution >= 4 is 23.6 Å². The molecule has 0 radical (unpaired) electrons. The Hall–Kier alpha value is -7.02. The summed E-state index contributed by atoms with van der Waals surface area (Å²) in [6, 6.07) is 48.5. The van der Waals surface area contributed by atoms with E-state index in [-0.39, 0.29) is 61.9 Å². The second-order valence-electron chi connectivity index (χ2n) is 18.5. The van der Waals surface area contributed by atoms with Gasteiger partial charge < -0.3 is 42.6 Å². The maximum Gasteiger partial charge on any atom is 0.262 e. The lowest BCUT2D eigenvalue weighted by Crippen LogP contribution is -2.71. The second-order valence-corrected chi connectivity index (χ2v) is 18.5. The average Bonchev–Trinajstić information content (AvgIpc) is 3.86. The molecule has 3 fully saturated rings. The number of carbonyl (C=O) groups excluding carboxylic acids is 4. The highest BCUT2D eigenvalue weighted by atomic mass is 16.8. The van der Waals surface area contributed by atoms with Crippen molar-refractivity contribution in [2.24, 2.45) is 0 Å². The van der Waals surface area contributed by atoms with Crippen LogP contribution in [0.5, 0.6) is 0 Å². The second kappa shape index (κ2) is 22.2. The minimum Gasteiger partial charge on any atom is -0.374 e. The molecule has 1 unspecified atom stereocenters. The van der Waals surface area contributed by atoms with Crippen LogP contribution in [0.25, 0.3) is 0 Å². The van der Waals surface area contributed by atoms with Crippen LogP contribution in [0.2, 0.25) is 0 Å². The van der Waals surface area contributed by atoms with Gasteiger partial charge >= 0.3 is 0 Å². The summed E-state index contributed by atoms with van der Waals surface area (Å²) in [5.41, 5.74) is 4.01.